The topological polar surface area (TPSA) is 97.2 Å². The number of nitrogens with two attached hydrogens (primary N) is 2. The van der Waals surface area contributed by atoms with Crippen molar-refractivity contribution in [2.75, 3.05) is 33.2 Å². The Bertz CT molecular complexity index is 1000. The van der Waals surface area contributed by atoms with Crippen molar-refractivity contribution < 1.29 is 9.53 Å². The van der Waals surface area contributed by atoms with Crippen LogP contribution in [0.25, 0.3) is 0 Å². The molecule has 2 aromatic rings. The Morgan fingerprint density at radius 3 is 2.29 bits per heavy atom. The maximum absolute atomic E-state index is 13.3. The van der Waals surface area contributed by atoms with Crippen LogP contribution in [-0.2, 0) is 0 Å². The van der Waals surface area contributed by atoms with Gasteiger partial charge in [0.05, 0.1) is 11.7 Å². The highest BCUT2D eigenvalue weighted by Gasteiger charge is 2.27. The molecule has 1 aliphatic carbocycles. The molecule has 4 N–H and O–H groups in total. The van der Waals surface area contributed by atoms with Gasteiger partial charge in [0.2, 0.25) is 0 Å². The fraction of sp³-hybridized carbons (Fsp3) is 0.400. The SMILES string of the molecule is CN.N/C(=N\C(=S)N1CCN(C(=O)c2cc(S)ccc2OC2CCCC2)CC1)c1ccccc1. The van der Waals surface area contributed by atoms with E-state index in [0.717, 1.165) is 23.3 Å². The molecule has 2 aliphatic rings. The van der Waals surface area contributed by atoms with Gasteiger partial charge in [-0.2, -0.15) is 0 Å². The number of amides is 1. The van der Waals surface area contributed by atoms with Crippen LogP contribution in [0.3, 0.4) is 0 Å². The molecular weight excluding hydrogens is 466 g/mol. The van der Waals surface area contributed by atoms with Crippen LogP contribution >= 0.6 is 24.8 Å². The quantitative estimate of drug-likeness (QED) is 0.258. The van der Waals surface area contributed by atoms with E-state index in [9.17, 15) is 4.79 Å². The Kier molecular flexibility index (Phi) is 9.74. The van der Waals surface area contributed by atoms with Crippen molar-refractivity contribution in [2.45, 2.75) is 36.7 Å². The first-order valence-electron chi connectivity index (χ1n) is 11.6. The van der Waals surface area contributed by atoms with Crippen molar-refractivity contribution in [3.05, 3.63) is 59.7 Å². The smallest absolute Gasteiger partial charge is 0.257 e. The zero-order valence-corrected chi connectivity index (χ0v) is 21.2. The molecule has 1 aliphatic heterocycles. The van der Waals surface area contributed by atoms with Gasteiger partial charge in [-0.25, -0.2) is 4.99 Å². The van der Waals surface area contributed by atoms with Gasteiger partial charge in [0.25, 0.3) is 5.91 Å². The van der Waals surface area contributed by atoms with Gasteiger partial charge in [-0.15, -0.1) is 12.6 Å². The van der Waals surface area contributed by atoms with Crippen LogP contribution in [0.5, 0.6) is 5.75 Å². The lowest BCUT2D eigenvalue weighted by Gasteiger charge is -2.35. The predicted molar refractivity (Wildman–Crippen MR) is 144 cm³/mol. The van der Waals surface area contributed by atoms with Crippen molar-refractivity contribution >= 4 is 41.7 Å². The minimum Gasteiger partial charge on any atom is -0.490 e. The first-order chi connectivity index (χ1) is 16.5. The zero-order valence-electron chi connectivity index (χ0n) is 19.5. The van der Waals surface area contributed by atoms with Gasteiger partial charge in [-0.1, -0.05) is 30.3 Å². The van der Waals surface area contributed by atoms with Crippen LogP contribution in [0.4, 0.5) is 0 Å². The van der Waals surface area contributed by atoms with Gasteiger partial charge in [-0.3, -0.25) is 4.79 Å². The Morgan fingerprint density at radius 1 is 1.03 bits per heavy atom. The second kappa shape index (κ2) is 12.7. The predicted octanol–water partition coefficient (Wildman–Crippen LogP) is 3.32. The Morgan fingerprint density at radius 2 is 1.65 bits per heavy atom. The fourth-order valence-electron chi connectivity index (χ4n) is 4.09. The summed E-state index contributed by atoms with van der Waals surface area (Å²) in [6.07, 6.45) is 4.63. The molecule has 2 fully saturated rings. The number of nitrogens with zero attached hydrogens (tertiary/aromatic N) is 3. The van der Waals surface area contributed by atoms with E-state index in [1.807, 2.05) is 52.3 Å². The lowest BCUT2D eigenvalue weighted by Crippen LogP contribution is -2.50. The number of hydrogen-bond acceptors (Lipinski definition) is 5. The molecule has 34 heavy (non-hydrogen) atoms. The highest BCUT2D eigenvalue weighted by molar-refractivity contribution is 7.80. The van der Waals surface area contributed by atoms with E-state index in [-0.39, 0.29) is 12.0 Å². The van der Waals surface area contributed by atoms with E-state index < -0.39 is 0 Å². The summed E-state index contributed by atoms with van der Waals surface area (Å²) in [5.41, 5.74) is 12.0. The van der Waals surface area contributed by atoms with Crippen LogP contribution in [0.15, 0.2) is 58.4 Å². The number of aliphatic imine (C=N–C) groups is 1. The molecule has 9 heteroatoms. The number of piperazine rings is 1. The summed E-state index contributed by atoms with van der Waals surface area (Å²) in [7, 11) is 1.50. The second-order valence-corrected chi connectivity index (χ2v) is 9.01. The first kappa shape index (κ1) is 26.0. The molecule has 1 heterocycles. The number of carbonyl (C=O) groups excluding carboxylic acids is 1. The summed E-state index contributed by atoms with van der Waals surface area (Å²) in [5, 5.41) is 0.445. The monoisotopic (exact) mass is 499 g/mol. The average molecular weight is 500 g/mol. The maximum atomic E-state index is 13.3. The van der Waals surface area contributed by atoms with Gasteiger partial charge in [0.15, 0.2) is 5.11 Å². The van der Waals surface area contributed by atoms with Gasteiger partial charge in [0, 0.05) is 36.6 Å². The number of amidine groups is 1. The number of hydrogen-bond donors (Lipinski definition) is 3. The molecule has 1 amide bonds. The van der Waals surface area contributed by atoms with E-state index in [1.54, 1.807) is 6.07 Å². The highest BCUT2D eigenvalue weighted by Crippen LogP contribution is 2.29. The van der Waals surface area contributed by atoms with Crippen molar-refractivity contribution in [3.63, 3.8) is 0 Å². The molecule has 0 aromatic heterocycles. The number of benzene rings is 2. The molecule has 0 spiro atoms. The molecule has 1 saturated carbocycles. The summed E-state index contributed by atoms with van der Waals surface area (Å²) >= 11 is 9.92. The Labute approximate surface area is 212 Å². The minimum atomic E-state index is -0.0354. The Hall–Kier alpha value is -2.62. The van der Waals surface area contributed by atoms with Crippen LogP contribution in [0.2, 0.25) is 0 Å². The molecule has 0 bridgehead atoms. The number of carbonyl (C=O) groups is 1. The average Bonchev–Trinajstić information content (AvgIpc) is 3.39. The highest BCUT2D eigenvalue weighted by atomic mass is 32.1. The number of thiol groups is 1. The van der Waals surface area contributed by atoms with E-state index in [1.165, 1.54) is 19.9 Å². The van der Waals surface area contributed by atoms with Gasteiger partial charge >= 0.3 is 0 Å². The summed E-state index contributed by atoms with van der Waals surface area (Å²) < 4.78 is 6.17. The molecule has 2 aromatic carbocycles. The van der Waals surface area contributed by atoms with E-state index in [0.29, 0.717) is 48.4 Å². The largest absolute Gasteiger partial charge is 0.490 e. The van der Waals surface area contributed by atoms with Gasteiger partial charge < -0.3 is 26.0 Å². The summed E-state index contributed by atoms with van der Waals surface area (Å²) in [4.78, 5) is 22.3. The standard InChI is InChI=1S/C24H28N4O2S2.CH5N/c25-22(17-6-2-1-3-7-17)26-24(32)28-14-12-27(13-15-28)23(29)20-16-19(31)10-11-21(20)30-18-8-4-5-9-18;1-2/h1-3,6-7,10-11,16,18,31H,4-5,8-9,12-15H2,(H2,25,26,32);2H2,1H3. The normalized spacial score (nSPS) is 16.6. The minimum absolute atomic E-state index is 0.0354. The van der Waals surface area contributed by atoms with Crippen molar-refractivity contribution in [3.8, 4) is 5.75 Å². The summed E-state index contributed by atoms with van der Waals surface area (Å²) in [6.45, 7) is 2.32. The van der Waals surface area contributed by atoms with E-state index in [4.69, 9.17) is 22.7 Å². The molecule has 182 valence electrons. The van der Waals surface area contributed by atoms with Crippen LogP contribution in [0.1, 0.15) is 41.6 Å². The van der Waals surface area contributed by atoms with E-state index in [2.05, 4.69) is 23.4 Å². The molecule has 1 saturated heterocycles. The van der Waals surface area contributed by atoms with E-state index >= 15 is 0 Å². The van der Waals surface area contributed by atoms with Crippen molar-refractivity contribution in [2.24, 2.45) is 16.5 Å². The third kappa shape index (κ3) is 6.71. The second-order valence-electron chi connectivity index (χ2n) is 8.13. The third-order valence-corrected chi connectivity index (χ3v) is 6.54. The van der Waals surface area contributed by atoms with Crippen LogP contribution < -0.4 is 16.2 Å². The lowest BCUT2D eigenvalue weighted by molar-refractivity contribution is 0.0685. The third-order valence-electron chi connectivity index (χ3n) is 5.91. The lowest BCUT2D eigenvalue weighted by atomic mass is 10.1. The van der Waals surface area contributed by atoms with Crippen molar-refractivity contribution in [1.82, 2.24) is 9.80 Å². The molecule has 0 radical (unpaired) electrons. The summed E-state index contributed by atoms with van der Waals surface area (Å²) in [6, 6.07) is 15.1. The van der Waals surface area contributed by atoms with Gasteiger partial charge in [0.1, 0.15) is 11.6 Å². The van der Waals surface area contributed by atoms with Crippen molar-refractivity contribution in [1.29, 1.82) is 0 Å². The zero-order chi connectivity index (χ0) is 24.5. The molecule has 0 atom stereocenters. The summed E-state index contributed by atoms with van der Waals surface area (Å²) in [5.74, 6) is 1.01. The molecule has 0 unspecified atom stereocenters. The molecule has 7 nitrogen and oxygen atoms in total. The number of thiocarbonyl (C=S) groups is 1. The fourth-order valence-corrected chi connectivity index (χ4v) is 4.58. The van der Waals surface area contributed by atoms with Gasteiger partial charge in [-0.05, 0) is 63.1 Å². The van der Waals surface area contributed by atoms with Crippen LogP contribution in [0, 0.1) is 0 Å². The Balaban J connectivity index is 0.00000158. The number of rotatable bonds is 4. The first-order valence-corrected chi connectivity index (χ1v) is 12.4. The number of ether oxygens (including phenoxy) is 1. The maximum Gasteiger partial charge on any atom is 0.257 e. The molecule has 4 rings (SSSR count). The van der Waals surface area contributed by atoms with Crippen LogP contribution in [-0.4, -0.2) is 66.0 Å². The molecular formula is C25H33N5O2S2.